The third-order valence-corrected chi connectivity index (χ3v) is 4.04. The molecular weight excluding hydrogens is 182 g/mol. The minimum absolute atomic E-state index is 0.857. The Hall–Kier alpha value is -0.300. The molecule has 0 aromatic rings. The van der Waals surface area contributed by atoms with Crippen molar-refractivity contribution in [1.82, 2.24) is 5.32 Å². The molecule has 1 heteroatoms. The summed E-state index contributed by atoms with van der Waals surface area (Å²) in [5.41, 5.74) is 3.59. The van der Waals surface area contributed by atoms with Crippen molar-refractivity contribution in [2.45, 2.75) is 52.4 Å². The van der Waals surface area contributed by atoms with E-state index in [2.05, 4.69) is 19.2 Å². The number of rotatable bonds is 2. The molecular formula is C14H25N. The van der Waals surface area contributed by atoms with E-state index < -0.39 is 0 Å². The Balaban J connectivity index is 1.97. The van der Waals surface area contributed by atoms with E-state index in [1.165, 1.54) is 51.6 Å². The maximum atomic E-state index is 3.63. The molecule has 2 unspecified atom stereocenters. The summed E-state index contributed by atoms with van der Waals surface area (Å²) in [7, 11) is 0. The zero-order valence-corrected chi connectivity index (χ0v) is 10.3. The van der Waals surface area contributed by atoms with Crippen molar-refractivity contribution < 1.29 is 0 Å². The molecule has 1 nitrogen and oxygen atoms in total. The number of hydrogen-bond donors (Lipinski definition) is 1. The van der Waals surface area contributed by atoms with Crippen LogP contribution in [0.25, 0.3) is 0 Å². The van der Waals surface area contributed by atoms with Gasteiger partial charge in [-0.05, 0) is 50.5 Å². The lowest BCUT2D eigenvalue weighted by molar-refractivity contribution is 0.362. The highest BCUT2D eigenvalue weighted by Crippen LogP contribution is 2.38. The highest BCUT2D eigenvalue weighted by atomic mass is 14.9. The maximum Gasteiger partial charge on any atom is 0.00169 e. The summed E-state index contributed by atoms with van der Waals surface area (Å²) < 4.78 is 0. The van der Waals surface area contributed by atoms with Gasteiger partial charge in [0.15, 0.2) is 0 Å². The maximum absolute atomic E-state index is 3.63. The largest absolute Gasteiger partial charge is 0.316 e. The van der Waals surface area contributed by atoms with Crippen LogP contribution in [0.5, 0.6) is 0 Å². The summed E-state index contributed by atoms with van der Waals surface area (Å²) in [5, 5.41) is 3.63. The normalized spacial score (nSPS) is 32.0. The van der Waals surface area contributed by atoms with Crippen LogP contribution in [0.3, 0.4) is 0 Å². The average Bonchev–Trinajstić information content (AvgIpc) is 3.01. The van der Waals surface area contributed by atoms with Crippen molar-refractivity contribution in [2.24, 2.45) is 11.8 Å². The summed E-state index contributed by atoms with van der Waals surface area (Å²) in [6.45, 7) is 7.20. The van der Waals surface area contributed by atoms with E-state index in [1.807, 2.05) is 0 Å². The fourth-order valence-electron chi connectivity index (χ4n) is 2.87. The highest BCUT2D eigenvalue weighted by Gasteiger charge is 2.24. The summed E-state index contributed by atoms with van der Waals surface area (Å²) in [5.74, 6) is 1.78. The average molecular weight is 207 g/mol. The Morgan fingerprint density at radius 2 is 2.07 bits per heavy atom. The van der Waals surface area contributed by atoms with E-state index in [4.69, 9.17) is 0 Å². The number of nitrogens with one attached hydrogen (secondary N) is 1. The van der Waals surface area contributed by atoms with Gasteiger partial charge in [-0.1, -0.05) is 31.4 Å². The highest BCUT2D eigenvalue weighted by molar-refractivity contribution is 5.27. The van der Waals surface area contributed by atoms with Crippen molar-refractivity contribution in [2.75, 3.05) is 13.1 Å². The van der Waals surface area contributed by atoms with E-state index in [1.54, 1.807) is 11.1 Å². The molecule has 15 heavy (non-hydrogen) atoms. The quantitative estimate of drug-likeness (QED) is 0.683. The molecule has 2 aliphatic rings. The molecule has 2 rings (SSSR count). The zero-order chi connectivity index (χ0) is 10.7. The molecule has 0 spiro atoms. The molecule has 2 fully saturated rings. The zero-order valence-electron chi connectivity index (χ0n) is 10.3. The van der Waals surface area contributed by atoms with Gasteiger partial charge in [0.2, 0.25) is 0 Å². The van der Waals surface area contributed by atoms with Gasteiger partial charge in [-0.15, -0.1) is 0 Å². The topological polar surface area (TPSA) is 12.0 Å². The van der Waals surface area contributed by atoms with Gasteiger partial charge < -0.3 is 5.32 Å². The fraction of sp³-hybridized carbons (Fsp3) is 0.857. The van der Waals surface area contributed by atoms with E-state index >= 15 is 0 Å². The smallest absolute Gasteiger partial charge is 0.00169 e. The molecule has 2 atom stereocenters. The molecule has 86 valence electrons. The molecule has 1 N–H and O–H groups in total. The second kappa shape index (κ2) is 5.16. The molecule has 1 saturated carbocycles. The van der Waals surface area contributed by atoms with Gasteiger partial charge in [-0.3, -0.25) is 0 Å². The van der Waals surface area contributed by atoms with Crippen molar-refractivity contribution in [3.05, 3.63) is 11.1 Å². The number of hydrogen-bond acceptors (Lipinski definition) is 1. The second-order valence-electron chi connectivity index (χ2n) is 5.35. The van der Waals surface area contributed by atoms with Crippen LogP contribution in [0, 0.1) is 11.8 Å². The molecule has 1 heterocycles. The molecule has 0 amide bonds. The van der Waals surface area contributed by atoms with E-state index in [0.29, 0.717) is 0 Å². The predicted molar refractivity (Wildman–Crippen MR) is 65.9 cm³/mol. The summed E-state index contributed by atoms with van der Waals surface area (Å²) in [4.78, 5) is 0. The van der Waals surface area contributed by atoms with Gasteiger partial charge in [-0.2, -0.15) is 0 Å². The minimum atomic E-state index is 0.857. The fourth-order valence-corrected chi connectivity index (χ4v) is 2.87. The molecule has 1 aliphatic carbocycles. The summed E-state index contributed by atoms with van der Waals surface area (Å²) in [6, 6.07) is 0. The Labute approximate surface area is 94.3 Å². The summed E-state index contributed by atoms with van der Waals surface area (Å²) >= 11 is 0. The van der Waals surface area contributed by atoms with Crippen LogP contribution in [-0.4, -0.2) is 13.1 Å². The van der Waals surface area contributed by atoms with Crippen LogP contribution in [-0.2, 0) is 0 Å². The van der Waals surface area contributed by atoms with Gasteiger partial charge in [0.05, 0.1) is 0 Å². The first-order chi connectivity index (χ1) is 7.31. The second-order valence-corrected chi connectivity index (χ2v) is 5.35. The molecule has 0 radical (unpaired) electrons. The molecule has 1 aliphatic heterocycles. The lowest BCUT2D eigenvalue weighted by Crippen LogP contribution is -2.29. The number of allylic oxidation sites excluding steroid dienone is 1. The van der Waals surface area contributed by atoms with Gasteiger partial charge >= 0.3 is 0 Å². The lowest BCUT2D eigenvalue weighted by Gasteiger charge is -2.25. The molecule has 0 bridgehead atoms. The van der Waals surface area contributed by atoms with Crippen LogP contribution in [0.2, 0.25) is 0 Å². The first kappa shape index (κ1) is 11.2. The van der Waals surface area contributed by atoms with Crippen LogP contribution in [0.15, 0.2) is 11.1 Å². The lowest BCUT2D eigenvalue weighted by atomic mass is 9.86. The standard InChI is InChI=1S/C14H25N/c1-3-14(12-6-7-12)13-5-4-11(2)8-9-15-10-13/h11,13,15H,3-10H2,1-2H3. The van der Waals surface area contributed by atoms with Crippen LogP contribution < -0.4 is 5.32 Å². The van der Waals surface area contributed by atoms with E-state index in [0.717, 1.165) is 11.8 Å². The molecule has 0 aromatic heterocycles. The summed E-state index contributed by atoms with van der Waals surface area (Å²) in [6.07, 6.45) is 8.30. The van der Waals surface area contributed by atoms with Crippen molar-refractivity contribution in [1.29, 1.82) is 0 Å². The Bertz CT molecular complexity index is 236. The third kappa shape index (κ3) is 3.07. The van der Waals surface area contributed by atoms with Gasteiger partial charge in [0.25, 0.3) is 0 Å². The van der Waals surface area contributed by atoms with Gasteiger partial charge in [0.1, 0.15) is 0 Å². The third-order valence-electron chi connectivity index (χ3n) is 4.04. The Morgan fingerprint density at radius 3 is 2.73 bits per heavy atom. The van der Waals surface area contributed by atoms with Gasteiger partial charge in [0, 0.05) is 6.54 Å². The first-order valence-corrected chi connectivity index (χ1v) is 6.72. The van der Waals surface area contributed by atoms with Crippen LogP contribution in [0.1, 0.15) is 52.4 Å². The monoisotopic (exact) mass is 207 g/mol. The minimum Gasteiger partial charge on any atom is -0.316 e. The molecule has 1 saturated heterocycles. The van der Waals surface area contributed by atoms with Gasteiger partial charge in [-0.25, -0.2) is 0 Å². The Morgan fingerprint density at radius 1 is 1.27 bits per heavy atom. The predicted octanol–water partition coefficient (Wildman–Crippen LogP) is 3.51. The van der Waals surface area contributed by atoms with Crippen molar-refractivity contribution >= 4 is 0 Å². The van der Waals surface area contributed by atoms with E-state index in [9.17, 15) is 0 Å². The van der Waals surface area contributed by atoms with Crippen LogP contribution in [0.4, 0.5) is 0 Å². The van der Waals surface area contributed by atoms with Crippen molar-refractivity contribution in [3.8, 4) is 0 Å². The SMILES string of the molecule is CCC(=C1CC1)C1CCC(C)CCNC1. The Kier molecular flexibility index (Phi) is 3.85. The first-order valence-electron chi connectivity index (χ1n) is 6.72. The van der Waals surface area contributed by atoms with Crippen molar-refractivity contribution in [3.63, 3.8) is 0 Å². The van der Waals surface area contributed by atoms with E-state index in [-0.39, 0.29) is 0 Å². The molecule has 0 aromatic carbocycles. The van der Waals surface area contributed by atoms with Crippen LogP contribution >= 0.6 is 0 Å².